The summed E-state index contributed by atoms with van der Waals surface area (Å²) in [7, 11) is 0. The van der Waals surface area contributed by atoms with Crippen molar-refractivity contribution in [2.75, 3.05) is 6.54 Å². The number of nitrogens with zero attached hydrogens (tertiary/aromatic N) is 1. The van der Waals surface area contributed by atoms with E-state index in [1.54, 1.807) is 6.20 Å². The van der Waals surface area contributed by atoms with E-state index in [1.165, 1.54) is 0 Å². The van der Waals surface area contributed by atoms with Gasteiger partial charge in [0.15, 0.2) is 0 Å². The molecule has 0 aliphatic rings. The lowest BCUT2D eigenvalue weighted by Gasteiger charge is -2.24. The van der Waals surface area contributed by atoms with Gasteiger partial charge in [-0.2, -0.15) is 0 Å². The molecule has 0 atom stereocenters. The Balaban J connectivity index is 2.62. The summed E-state index contributed by atoms with van der Waals surface area (Å²) in [5.74, 6) is -0.0442. The van der Waals surface area contributed by atoms with E-state index in [9.17, 15) is 4.79 Å². The van der Waals surface area contributed by atoms with Crippen LogP contribution in [0.5, 0.6) is 0 Å². The van der Waals surface area contributed by atoms with Gasteiger partial charge in [-0.3, -0.25) is 9.78 Å². The number of hydrogen-bond acceptors (Lipinski definition) is 3. The third-order valence-electron chi connectivity index (χ3n) is 2.43. The second-order valence-electron chi connectivity index (χ2n) is 4.58. The smallest absolute Gasteiger partial charge is 0.226 e. The molecule has 1 heterocycles. The standard InChI is InChI=1S/C12H19N3O/c1-9-5-4-6-14-10(9)7-11(16)15-12(2,3)8-13/h4-6H,7-8,13H2,1-3H3,(H,15,16). The Morgan fingerprint density at radius 1 is 1.56 bits per heavy atom. The third kappa shape index (κ3) is 3.62. The van der Waals surface area contributed by atoms with Crippen molar-refractivity contribution in [1.82, 2.24) is 10.3 Å². The summed E-state index contributed by atoms with van der Waals surface area (Å²) < 4.78 is 0. The molecule has 4 nitrogen and oxygen atoms in total. The first-order valence-corrected chi connectivity index (χ1v) is 5.36. The number of aryl methyl sites for hydroxylation is 1. The zero-order chi connectivity index (χ0) is 12.2. The van der Waals surface area contributed by atoms with Gasteiger partial charge in [0.05, 0.1) is 12.1 Å². The van der Waals surface area contributed by atoms with Crippen molar-refractivity contribution in [2.45, 2.75) is 32.7 Å². The van der Waals surface area contributed by atoms with E-state index in [2.05, 4.69) is 10.3 Å². The molecular weight excluding hydrogens is 202 g/mol. The third-order valence-corrected chi connectivity index (χ3v) is 2.43. The minimum Gasteiger partial charge on any atom is -0.350 e. The molecule has 1 rings (SSSR count). The maximum absolute atomic E-state index is 11.7. The van der Waals surface area contributed by atoms with Crippen LogP contribution in [0.15, 0.2) is 18.3 Å². The monoisotopic (exact) mass is 221 g/mol. The quantitative estimate of drug-likeness (QED) is 0.789. The van der Waals surface area contributed by atoms with Gasteiger partial charge in [0.1, 0.15) is 0 Å². The number of rotatable bonds is 4. The first-order valence-electron chi connectivity index (χ1n) is 5.36. The van der Waals surface area contributed by atoms with Gasteiger partial charge in [-0.05, 0) is 32.4 Å². The van der Waals surface area contributed by atoms with E-state index in [1.807, 2.05) is 32.9 Å². The number of aromatic nitrogens is 1. The van der Waals surface area contributed by atoms with Crippen molar-refractivity contribution in [3.8, 4) is 0 Å². The minimum atomic E-state index is -0.361. The first kappa shape index (κ1) is 12.6. The van der Waals surface area contributed by atoms with Gasteiger partial charge in [-0.15, -0.1) is 0 Å². The van der Waals surface area contributed by atoms with Gasteiger partial charge in [0.25, 0.3) is 0 Å². The average Bonchev–Trinajstić information content (AvgIpc) is 2.21. The second kappa shape index (κ2) is 5.07. The Morgan fingerprint density at radius 3 is 2.81 bits per heavy atom. The largest absolute Gasteiger partial charge is 0.350 e. The van der Waals surface area contributed by atoms with Crippen molar-refractivity contribution < 1.29 is 4.79 Å². The summed E-state index contributed by atoms with van der Waals surface area (Å²) in [6.45, 7) is 6.16. The number of carbonyl (C=O) groups excluding carboxylic acids is 1. The van der Waals surface area contributed by atoms with Crippen molar-refractivity contribution in [3.05, 3.63) is 29.6 Å². The van der Waals surface area contributed by atoms with Crippen LogP contribution in [0.3, 0.4) is 0 Å². The summed E-state index contributed by atoms with van der Waals surface area (Å²) in [5, 5.41) is 2.88. The summed E-state index contributed by atoms with van der Waals surface area (Å²) in [4.78, 5) is 15.9. The zero-order valence-electron chi connectivity index (χ0n) is 10.1. The van der Waals surface area contributed by atoms with E-state index in [-0.39, 0.29) is 11.4 Å². The van der Waals surface area contributed by atoms with Crippen LogP contribution in [-0.2, 0) is 11.2 Å². The van der Waals surface area contributed by atoms with Gasteiger partial charge in [-0.1, -0.05) is 6.07 Å². The van der Waals surface area contributed by atoms with E-state index in [4.69, 9.17) is 5.73 Å². The number of hydrogen-bond donors (Lipinski definition) is 2. The number of pyridine rings is 1. The lowest BCUT2D eigenvalue weighted by molar-refractivity contribution is -0.122. The van der Waals surface area contributed by atoms with Crippen LogP contribution in [0.25, 0.3) is 0 Å². The highest BCUT2D eigenvalue weighted by atomic mass is 16.1. The molecule has 88 valence electrons. The van der Waals surface area contributed by atoms with Gasteiger partial charge in [0.2, 0.25) is 5.91 Å². The lowest BCUT2D eigenvalue weighted by atomic mass is 10.1. The summed E-state index contributed by atoms with van der Waals surface area (Å²) in [6, 6.07) is 3.81. The SMILES string of the molecule is Cc1cccnc1CC(=O)NC(C)(C)CN. The fraction of sp³-hybridized carbons (Fsp3) is 0.500. The molecule has 0 saturated carbocycles. The predicted octanol–water partition coefficient (Wildman–Crippen LogP) is 0.786. The van der Waals surface area contributed by atoms with E-state index < -0.39 is 0 Å². The van der Waals surface area contributed by atoms with Gasteiger partial charge in [0, 0.05) is 18.3 Å². The van der Waals surface area contributed by atoms with Crippen LogP contribution in [0.4, 0.5) is 0 Å². The van der Waals surface area contributed by atoms with Crippen LogP contribution >= 0.6 is 0 Å². The summed E-state index contributed by atoms with van der Waals surface area (Å²) in [5.41, 5.74) is 7.03. The topological polar surface area (TPSA) is 68.0 Å². The lowest BCUT2D eigenvalue weighted by Crippen LogP contribution is -2.49. The van der Waals surface area contributed by atoms with Gasteiger partial charge >= 0.3 is 0 Å². The van der Waals surface area contributed by atoms with Gasteiger partial charge < -0.3 is 11.1 Å². The van der Waals surface area contributed by atoms with Crippen molar-refractivity contribution in [3.63, 3.8) is 0 Å². The van der Waals surface area contributed by atoms with Crippen LogP contribution in [-0.4, -0.2) is 23.0 Å². The molecular formula is C12H19N3O. The summed E-state index contributed by atoms with van der Waals surface area (Å²) >= 11 is 0. The van der Waals surface area contributed by atoms with Crippen LogP contribution in [0.2, 0.25) is 0 Å². The highest BCUT2D eigenvalue weighted by Crippen LogP contribution is 2.05. The van der Waals surface area contributed by atoms with Crippen molar-refractivity contribution >= 4 is 5.91 Å². The molecule has 0 radical (unpaired) electrons. The number of carbonyl (C=O) groups is 1. The Hall–Kier alpha value is -1.42. The van der Waals surface area contributed by atoms with E-state index in [0.717, 1.165) is 11.3 Å². The van der Waals surface area contributed by atoms with Gasteiger partial charge in [-0.25, -0.2) is 0 Å². The molecule has 0 aliphatic heterocycles. The Labute approximate surface area is 96.3 Å². The molecule has 0 aromatic carbocycles. The molecule has 1 amide bonds. The van der Waals surface area contributed by atoms with Crippen LogP contribution in [0.1, 0.15) is 25.1 Å². The molecule has 3 N–H and O–H groups in total. The van der Waals surface area contributed by atoms with Crippen molar-refractivity contribution in [2.24, 2.45) is 5.73 Å². The predicted molar refractivity (Wildman–Crippen MR) is 64.0 cm³/mol. The normalized spacial score (nSPS) is 11.2. The van der Waals surface area contributed by atoms with E-state index >= 15 is 0 Å². The maximum atomic E-state index is 11.7. The number of amides is 1. The molecule has 0 bridgehead atoms. The Bertz CT molecular complexity index is 374. The molecule has 1 aromatic rings. The molecule has 4 heteroatoms. The summed E-state index contributed by atoms with van der Waals surface area (Å²) in [6.07, 6.45) is 2.00. The molecule has 0 fully saturated rings. The zero-order valence-corrected chi connectivity index (χ0v) is 10.1. The second-order valence-corrected chi connectivity index (χ2v) is 4.58. The molecule has 0 spiro atoms. The molecule has 1 aromatic heterocycles. The fourth-order valence-corrected chi connectivity index (χ4v) is 1.33. The van der Waals surface area contributed by atoms with Crippen molar-refractivity contribution in [1.29, 1.82) is 0 Å². The number of nitrogens with one attached hydrogen (secondary N) is 1. The molecule has 0 aliphatic carbocycles. The van der Waals surface area contributed by atoms with Crippen LogP contribution in [0, 0.1) is 6.92 Å². The average molecular weight is 221 g/mol. The Kier molecular flexibility index (Phi) is 4.01. The highest BCUT2D eigenvalue weighted by molar-refractivity contribution is 5.79. The molecule has 0 unspecified atom stereocenters. The highest BCUT2D eigenvalue weighted by Gasteiger charge is 2.18. The maximum Gasteiger partial charge on any atom is 0.226 e. The van der Waals surface area contributed by atoms with E-state index in [0.29, 0.717) is 13.0 Å². The molecule has 0 saturated heterocycles. The fourth-order valence-electron chi connectivity index (χ4n) is 1.33. The minimum absolute atomic E-state index is 0.0442. The molecule has 16 heavy (non-hydrogen) atoms. The van der Waals surface area contributed by atoms with Crippen LogP contribution < -0.4 is 11.1 Å². The Morgan fingerprint density at radius 2 is 2.25 bits per heavy atom. The number of nitrogens with two attached hydrogens (primary N) is 1. The first-order chi connectivity index (χ1) is 7.44.